The molecule has 1 N–H and O–H groups in total. The molecule has 0 radical (unpaired) electrons. The van der Waals surface area contributed by atoms with E-state index in [1.165, 1.54) is 0 Å². The number of fused-ring (bicyclic) bond motifs is 2. The third-order valence-corrected chi connectivity index (χ3v) is 5.69. The molecule has 0 spiro atoms. The molecule has 0 bridgehead atoms. The van der Waals surface area contributed by atoms with Gasteiger partial charge in [-0.15, -0.1) is 0 Å². The van der Waals surface area contributed by atoms with E-state index in [4.69, 9.17) is 4.74 Å². The Balaban J connectivity index is 1.35. The molecule has 0 saturated heterocycles. The van der Waals surface area contributed by atoms with Crippen LogP contribution in [0.1, 0.15) is 35.0 Å². The number of benzene rings is 1. The van der Waals surface area contributed by atoms with Gasteiger partial charge in [0, 0.05) is 44.1 Å². The van der Waals surface area contributed by atoms with Crippen LogP contribution in [-0.2, 0) is 24.8 Å². The van der Waals surface area contributed by atoms with Crippen LogP contribution in [0.4, 0.5) is 0 Å². The van der Waals surface area contributed by atoms with Crippen LogP contribution in [0.5, 0.6) is 5.88 Å². The summed E-state index contributed by atoms with van der Waals surface area (Å²) in [6.07, 6.45) is 6.30. The number of carbonyl (C=O) groups excluding carboxylic acids is 1. The Morgan fingerprint density at radius 1 is 1.26 bits per heavy atom. The van der Waals surface area contributed by atoms with Gasteiger partial charge in [0.25, 0.3) is 0 Å². The minimum atomic E-state index is 0.00245. The van der Waals surface area contributed by atoms with Crippen LogP contribution in [0.15, 0.2) is 43.0 Å². The van der Waals surface area contributed by atoms with E-state index in [9.17, 15) is 4.79 Å². The number of methoxy groups -OCH3 is 1. The first-order valence-corrected chi connectivity index (χ1v) is 10.2. The van der Waals surface area contributed by atoms with Gasteiger partial charge in [0.2, 0.25) is 11.8 Å². The molecule has 1 aromatic carbocycles. The molecule has 9 heteroatoms. The third-order valence-electron chi connectivity index (χ3n) is 5.69. The lowest BCUT2D eigenvalue weighted by atomic mass is 9.93. The van der Waals surface area contributed by atoms with Gasteiger partial charge in [-0.1, -0.05) is 12.1 Å². The molecule has 9 nitrogen and oxygen atoms in total. The molecule has 1 amide bonds. The van der Waals surface area contributed by atoms with Gasteiger partial charge in [0.05, 0.1) is 48.6 Å². The molecule has 4 aromatic rings. The van der Waals surface area contributed by atoms with Crippen molar-refractivity contribution in [2.45, 2.75) is 25.3 Å². The number of carbonyl (C=O) groups is 1. The van der Waals surface area contributed by atoms with Crippen molar-refractivity contribution in [2.24, 2.45) is 7.05 Å². The summed E-state index contributed by atoms with van der Waals surface area (Å²) in [4.78, 5) is 31.9. The fraction of sp³-hybridized carbons (Fsp3) is 0.318. The first-order chi connectivity index (χ1) is 15.1. The third kappa shape index (κ3) is 3.63. The monoisotopic (exact) mass is 417 g/mol. The van der Waals surface area contributed by atoms with E-state index < -0.39 is 0 Å². The van der Waals surface area contributed by atoms with Crippen molar-refractivity contribution in [3.63, 3.8) is 0 Å². The Morgan fingerprint density at radius 2 is 2.06 bits per heavy atom. The largest absolute Gasteiger partial charge is 0.480 e. The van der Waals surface area contributed by atoms with Crippen LogP contribution in [0.25, 0.3) is 11.0 Å². The van der Waals surface area contributed by atoms with Gasteiger partial charge in [-0.2, -0.15) is 5.10 Å². The number of aryl methyl sites for hydroxylation is 2. The summed E-state index contributed by atoms with van der Waals surface area (Å²) < 4.78 is 7.19. The molecule has 4 heterocycles. The highest BCUT2D eigenvalue weighted by molar-refractivity contribution is 5.78. The van der Waals surface area contributed by atoms with E-state index in [0.717, 1.165) is 28.0 Å². The number of para-hydroxylation sites is 2. The fourth-order valence-electron chi connectivity index (χ4n) is 4.12. The van der Waals surface area contributed by atoms with Crippen LogP contribution in [0.3, 0.4) is 0 Å². The van der Waals surface area contributed by atoms with E-state index in [0.29, 0.717) is 37.5 Å². The van der Waals surface area contributed by atoms with Crippen LogP contribution in [-0.4, -0.2) is 54.2 Å². The van der Waals surface area contributed by atoms with Crippen molar-refractivity contribution in [3.05, 3.63) is 65.6 Å². The van der Waals surface area contributed by atoms with E-state index in [2.05, 4.69) is 25.0 Å². The second kappa shape index (κ2) is 7.82. The molecule has 31 heavy (non-hydrogen) atoms. The lowest BCUT2D eigenvalue weighted by molar-refractivity contribution is -0.132. The topological polar surface area (TPSA) is 102 Å². The zero-order valence-electron chi connectivity index (χ0n) is 17.4. The summed E-state index contributed by atoms with van der Waals surface area (Å²) in [6, 6.07) is 7.65. The molecule has 1 unspecified atom stereocenters. The standard InChI is InChI=1S/C22H23N7O2/c1-28-10-14(9-25-28)15-11-29(12-19-21(15)24-13-23-19)20(30)8-7-18-22(31-2)27-17-6-4-3-5-16(17)26-18/h3-6,9-10,13,15H,7-8,11-12H2,1-2H3,(H,23,24). The maximum Gasteiger partial charge on any atom is 0.235 e. The smallest absolute Gasteiger partial charge is 0.235 e. The number of aromatic amines is 1. The summed E-state index contributed by atoms with van der Waals surface area (Å²) >= 11 is 0. The maximum absolute atomic E-state index is 13.1. The molecule has 5 rings (SSSR count). The number of nitrogens with zero attached hydrogens (tertiary/aromatic N) is 6. The van der Waals surface area contributed by atoms with Gasteiger partial charge in [0.15, 0.2) is 0 Å². The molecule has 1 aliphatic heterocycles. The first-order valence-electron chi connectivity index (χ1n) is 10.2. The van der Waals surface area contributed by atoms with Gasteiger partial charge in [0.1, 0.15) is 5.69 Å². The number of imidazole rings is 1. The number of amides is 1. The SMILES string of the molecule is COc1nc2ccccc2nc1CCC(=O)N1Cc2[nH]cnc2C(c2cnn(C)c2)C1. The molecular formula is C22H23N7O2. The molecule has 0 saturated carbocycles. The molecule has 3 aromatic heterocycles. The van der Waals surface area contributed by atoms with E-state index in [1.807, 2.05) is 48.6 Å². The molecule has 1 aliphatic rings. The number of ether oxygens (including phenoxy) is 1. The zero-order valence-corrected chi connectivity index (χ0v) is 17.4. The van der Waals surface area contributed by atoms with E-state index >= 15 is 0 Å². The van der Waals surface area contributed by atoms with Gasteiger partial charge < -0.3 is 14.6 Å². The second-order valence-corrected chi connectivity index (χ2v) is 7.71. The summed E-state index contributed by atoms with van der Waals surface area (Å²) in [5.41, 5.74) is 5.27. The Morgan fingerprint density at radius 3 is 2.81 bits per heavy atom. The number of H-pyrrole nitrogens is 1. The predicted molar refractivity (Wildman–Crippen MR) is 113 cm³/mol. The van der Waals surface area contributed by atoms with E-state index in [1.54, 1.807) is 18.1 Å². The summed E-state index contributed by atoms with van der Waals surface area (Å²) in [5.74, 6) is 0.531. The lowest BCUT2D eigenvalue weighted by Gasteiger charge is -2.31. The lowest BCUT2D eigenvalue weighted by Crippen LogP contribution is -2.38. The molecular weight excluding hydrogens is 394 g/mol. The maximum atomic E-state index is 13.1. The number of aromatic nitrogens is 6. The first kappa shape index (κ1) is 19.2. The van der Waals surface area contributed by atoms with Crippen LogP contribution >= 0.6 is 0 Å². The minimum absolute atomic E-state index is 0.00245. The summed E-state index contributed by atoms with van der Waals surface area (Å²) in [5, 5.41) is 4.29. The Labute approximate surface area is 179 Å². The number of hydrogen-bond acceptors (Lipinski definition) is 6. The fourth-order valence-corrected chi connectivity index (χ4v) is 4.12. The quantitative estimate of drug-likeness (QED) is 0.534. The molecule has 0 fully saturated rings. The van der Waals surface area contributed by atoms with Crippen molar-refractivity contribution in [2.75, 3.05) is 13.7 Å². The Hall–Kier alpha value is -3.75. The highest BCUT2D eigenvalue weighted by atomic mass is 16.5. The van der Waals surface area contributed by atoms with Gasteiger partial charge >= 0.3 is 0 Å². The Kier molecular flexibility index (Phi) is 4.85. The number of rotatable bonds is 5. The van der Waals surface area contributed by atoms with Crippen molar-refractivity contribution in [1.82, 2.24) is 34.6 Å². The molecule has 1 atom stereocenters. The molecule has 158 valence electrons. The van der Waals surface area contributed by atoms with E-state index in [-0.39, 0.29) is 11.8 Å². The number of hydrogen-bond donors (Lipinski definition) is 1. The number of nitrogens with one attached hydrogen (secondary N) is 1. The predicted octanol–water partition coefficient (Wildman–Crippen LogP) is 2.20. The van der Waals surface area contributed by atoms with Gasteiger partial charge in [-0.05, 0) is 12.1 Å². The zero-order chi connectivity index (χ0) is 21.4. The second-order valence-electron chi connectivity index (χ2n) is 7.71. The van der Waals surface area contributed by atoms with Gasteiger partial charge in [-0.25, -0.2) is 15.0 Å². The summed E-state index contributed by atoms with van der Waals surface area (Å²) in [7, 11) is 3.46. The Bertz CT molecular complexity index is 1250. The van der Waals surface area contributed by atoms with Crippen molar-refractivity contribution >= 4 is 16.9 Å². The van der Waals surface area contributed by atoms with Crippen LogP contribution < -0.4 is 4.74 Å². The normalized spacial score (nSPS) is 15.8. The van der Waals surface area contributed by atoms with Crippen molar-refractivity contribution in [3.8, 4) is 5.88 Å². The van der Waals surface area contributed by atoms with Crippen LogP contribution in [0.2, 0.25) is 0 Å². The summed E-state index contributed by atoms with van der Waals surface area (Å²) in [6.45, 7) is 1.09. The van der Waals surface area contributed by atoms with Gasteiger partial charge in [-0.3, -0.25) is 9.48 Å². The van der Waals surface area contributed by atoms with Crippen molar-refractivity contribution < 1.29 is 9.53 Å². The average molecular weight is 417 g/mol. The minimum Gasteiger partial charge on any atom is -0.480 e. The van der Waals surface area contributed by atoms with Crippen LogP contribution in [0, 0.1) is 0 Å². The highest BCUT2D eigenvalue weighted by Crippen LogP contribution is 2.31. The molecule has 0 aliphatic carbocycles. The highest BCUT2D eigenvalue weighted by Gasteiger charge is 2.32. The average Bonchev–Trinajstić information content (AvgIpc) is 3.44. The van der Waals surface area contributed by atoms with Crippen molar-refractivity contribution in [1.29, 1.82) is 0 Å².